The van der Waals surface area contributed by atoms with Gasteiger partial charge in [-0.1, -0.05) is 42.1 Å². The van der Waals surface area contributed by atoms with Gasteiger partial charge >= 0.3 is 5.63 Å². The van der Waals surface area contributed by atoms with E-state index in [-0.39, 0.29) is 18.0 Å². The molecule has 1 aliphatic rings. The topological polar surface area (TPSA) is 104 Å². The van der Waals surface area contributed by atoms with E-state index in [1.165, 1.54) is 11.8 Å². The number of nitrogens with zero attached hydrogens (tertiary/aromatic N) is 3. The van der Waals surface area contributed by atoms with Crippen molar-refractivity contribution in [2.75, 3.05) is 0 Å². The molecule has 0 spiro atoms. The van der Waals surface area contributed by atoms with Gasteiger partial charge in [-0.2, -0.15) is 0 Å². The second-order valence-corrected chi connectivity index (χ2v) is 8.46. The molecule has 7 nitrogen and oxygen atoms in total. The Morgan fingerprint density at radius 2 is 2.03 bits per heavy atom. The highest BCUT2D eigenvalue weighted by molar-refractivity contribution is 7.98. The number of aromatic nitrogens is 3. The molecule has 0 radical (unpaired) electrons. The Balaban J connectivity index is 1.52. The third kappa shape index (κ3) is 3.59. The summed E-state index contributed by atoms with van der Waals surface area (Å²) in [5.41, 5.74) is 6.44. The fourth-order valence-electron chi connectivity index (χ4n) is 3.76. The van der Waals surface area contributed by atoms with Gasteiger partial charge in [0.2, 0.25) is 5.91 Å². The molecular formula is C22H20N4O3S. The van der Waals surface area contributed by atoms with Crippen molar-refractivity contribution >= 4 is 39.4 Å². The number of primary amides is 1. The van der Waals surface area contributed by atoms with Crippen LogP contribution in [0.4, 0.5) is 0 Å². The van der Waals surface area contributed by atoms with Gasteiger partial charge in [0, 0.05) is 36.1 Å². The fourth-order valence-corrected chi connectivity index (χ4v) is 4.71. The summed E-state index contributed by atoms with van der Waals surface area (Å²) in [6.45, 7) is 0.469. The van der Waals surface area contributed by atoms with E-state index in [9.17, 15) is 9.59 Å². The maximum Gasteiger partial charge on any atom is 0.336 e. The standard InChI is InChI=1S/C22H20N4O3S/c23-18(27)9-10-26-21(14-5-6-14)24-25-22(26)30-12-15-11-19(28)29-17-8-7-13-3-1-2-4-16(13)20(15)17/h1-4,7-8,11,14H,5-6,9-10,12H2,(H2,23,27). The van der Waals surface area contributed by atoms with Crippen LogP contribution in [0.5, 0.6) is 0 Å². The summed E-state index contributed by atoms with van der Waals surface area (Å²) in [5, 5.41) is 12.5. The molecule has 2 heterocycles. The lowest BCUT2D eigenvalue weighted by Gasteiger charge is -2.10. The first-order valence-electron chi connectivity index (χ1n) is 9.89. The molecule has 1 amide bonds. The summed E-state index contributed by atoms with van der Waals surface area (Å²) in [5.74, 6) is 1.52. The van der Waals surface area contributed by atoms with Crippen LogP contribution in [-0.4, -0.2) is 20.7 Å². The molecular weight excluding hydrogens is 400 g/mol. The minimum absolute atomic E-state index is 0.244. The predicted molar refractivity (Wildman–Crippen MR) is 115 cm³/mol. The normalized spacial score (nSPS) is 13.9. The van der Waals surface area contributed by atoms with E-state index in [0.717, 1.165) is 45.5 Å². The van der Waals surface area contributed by atoms with Crippen LogP contribution < -0.4 is 11.4 Å². The summed E-state index contributed by atoms with van der Waals surface area (Å²) >= 11 is 1.51. The number of rotatable bonds is 7. The maximum absolute atomic E-state index is 12.1. The molecule has 0 atom stereocenters. The average molecular weight is 420 g/mol. The van der Waals surface area contributed by atoms with E-state index in [1.54, 1.807) is 6.07 Å². The van der Waals surface area contributed by atoms with Crippen molar-refractivity contribution in [1.29, 1.82) is 0 Å². The number of carbonyl (C=O) groups excluding carboxylic acids is 1. The number of hydrogen-bond donors (Lipinski definition) is 1. The number of amides is 1. The predicted octanol–water partition coefficient (Wildman–Crippen LogP) is 3.58. The van der Waals surface area contributed by atoms with Crippen molar-refractivity contribution < 1.29 is 9.21 Å². The smallest absolute Gasteiger partial charge is 0.336 e. The van der Waals surface area contributed by atoms with Crippen molar-refractivity contribution in [3.63, 3.8) is 0 Å². The second kappa shape index (κ2) is 7.60. The molecule has 2 N–H and O–H groups in total. The monoisotopic (exact) mass is 420 g/mol. The van der Waals surface area contributed by atoms with Gasteiger partial charge in [-0.05, 0) is 35.2 Å². The number of nitrogens with two attached hydrogens (primary N) is 1. The lowest BCUT2D eigenvalue weighted by atomic mass is 10.0. The molecule has 2 aromatic carbocycles. The maximum atomic E-state index is 12.1. The summed E-state index contributed by atoms with van der Waals surface area (Å²) < 4.78 is 7.44. The Kier molecular flexibility index (Phi) is 4.78. The van der Waals surface area contributed by atoms with E-state index in [2.05, 4.69) is 10.2 Å². The first-order chi connectivity index (χ1) is 14.6. The molecule has 1 fully saturated rings. The zero-order valence-electron chi connectivity index (χ0n) is 16.2. The van der Waals surface area contributed by atoms with Gasteiger partial charge in [-0.3, -0.25) is 4.79 Å². The molecule has 152 valence electrons. The lowest BCUT2D eigenvalue weighted by Crippen LogP contribution is -2.15. The first kappa shape index (κ1) is 18.9. The number of hydrogen-bond acceptors (Lipinski definition) is 6. The highest BCUT2D eigenvalue weighted by atomic mass is 32.2. The van der Waals surface area contributed by atoms with Crippen LogP contribution in [-0.2, 0) is 17.1 Å². The van der Waals surface area contributed by atoms with Crippen molar-refractivity contribution in [3.8, 4) is 0 Å². The zero-order chi connectivity index (χ0) is 20.7. The first-order valence-corrected chi connectivity index (χ1v) is 10.9. The van der Waals surface area contributed by atoms with Crippen LogP contribution in [0.25, 0.3) is 21.7 Å². The van der Waals surface area contributed by atoms with Crippen LogP contribution in [0, 0.1) is 0 Å². The van der Waals surface area contributed by atoms with Gasteiger partial charge in [-0.15, -0.1) is 10.2 Å². The largest absolute Gasteiger partial charge is 0.423 e. The van der Waals surface area contributed by atoms with Gasteiger partial charge < -0.3 is 14.7 Å². The van der Waals surface area contributed by atoms with E-state index in [4.69, 9.17) is 10.2 Å². The van der Waals surface area contributed by atoms with E-state index in [1.807, 2.05) is 41.0 Å². The van der Waals surface area contributed by atoms with E-state index in [0.29, 0.717) is 23.8 Å². The molecule has 0 bridgehead atoms. The number of thioether (sulfide) groups is 1. The Bertz CT molecular complexity index is 1320. The molecule has 1 saturated carbocycles. The van der Waals surface area contributed by atoms with Crippen LogP contribution in [0.2, 0.25) is 0 Å². The fraction of sp³-hybridized carbons (Fsp3) is 0.273. The quantitative estimate of drug-likeness (QED) is 0.278. The molecule has 0 aliphatic heterocycles. The van der Waals surface area contributed by atoms with Gasteiger partial charge in [-0.25, -0.2) is 4.79 Å². The molecule has 0 saturated heterocycles. The number of fused-ring (bicyclic) bond motifs is 3. The Hall–Kier alpha value is -3.13. The van der Waals surface area contributed by atoms with E-state index < -0.39 is 0 Å². The van der Waals surface area contributed by atoms with Crippen LogP contribution in [0.15, 0.2) is 56.8 Å². The van der Waals surface area contributed by atoms with Crippen molar-refractivity contribution in [1.82, 2.24) is 14.8 Å². The summed E-state index contributed by atoms with van der Waals surface area (Å²) in [7, 11) is 0. The van der Waals surface area contributed by atoms with Gasteiger partial charge in [0.1, 0.15) is 11.4 Å². The van der Waals surface area contributed by atoms with Crippen LogP contribution in [0.1, 0.15) is 36.6 Å². The highest BCUT2D eigenvalue weighted by Crippen LogP contribution is 2.40. The summed E-state index contributed by atoms with van der Waals surface area (Å²) in [4.78, 5) is 23.4. The lowest BCUT2D eigenvalue weighted by molar-refractivity contribution is -0.118. The average Bonchev–Trinajstić information content (AvgIpc) is 3.50. The molecule has 2 aromatic heterocycles. The van der Waals surface area contributed by atoms with E-state index >= 15 is 0 Å². The van der Waals surface area contributed by atoms with Gasteiger partial charge in [0.25, 0.3) is 0 Å². The Labute approximate surface area is 176 Å². The van der Waals surface area contributed by atoms with Gasteiger partial charge in [0.05, 0.1) is 0 Å². The summed E-state index contributed by atoms with van der Waals surface area (Å²) in [6.07, 6.45) is 2.43. The van der Waals surface area contributed by atoms with Crippen molar-refractivity contribution in [3.05, 3.63) is 64.3 Å². The molecule has 0 unspecified atom stereocenters. The minimum atomic E-state index is -0.373. The molecule has 5 rings (SSSR count). The molecule has 4 aromatic rings. The highest BCUT2D eigenvalue weighted by Gasteiger charge is 2.30. The molecule has 30 heavy (non-hydrogen) atoms. The third-order valence-electron chi connectivity index (χ3n) is 5.34. The van der Waals surface area contributed by atoms with Crippen LogP contribution in [0.3, 0.4) is 0 Å². The van der Waals surface area contributed by atoms with Crippen LogP contribution >= 0.6 is 11.8 Å². The summed E-state index contributed by atoms with van der Waals surface area (Å²) in [6, 6.07) is 13.4. The second-order valence-electron chi connectivity index (χ2n) is 7.52. The minimum Gasteiger partial charge on any atom is -0.423 e. The molecule has 1 aliphatic carbocycles. The SMILES string of the molecule is NC(=O)CCn1c(SCc2cc(=O)oc3ccc4ccccc4c23)nnc1C1CC1. The Morgan fingerprint density at radius 3 is 2.83 bits per heavy atom. The Morgan fingerprint density at radius 1 is 1.20 bits per heavy atom. The van der Waals surface area contributed by atoms with Gasteiger partial charge in [0.15, 0.2) is 5.16 Å². The van der Waals surface area contributed by atoms with Crippen molar-refractivity contribution in [2.24, 2.45) is 5.73 Å². The molecule has 8 heteroatoms. The zero-order valence-corrected chi connectivity index (χ0v) is 17.0. The third-order valence-corrected chi connectivity index (χ3v) is 6.36. The number of benzene rings is 2. The number of carbonyl (C=O) groups is 1. The van der Waals surface area contributed by atoms with Crippen molar-refractivity contribution in [2.45, 2.75) is 42.6 Å².